The normalized spacial score (nSPS) is 12.7. The number of hydrogen-bond donors (Lipinski definition) is 2. The number of amides is 3. The first kappa shape index (κ1) is 19.1. The van der Waals surface area contributed by atoms with Gasteiger partial charge in [-0.15, -0.1) is 0 Å². The first-order chi connectivity index (χ1) is 14.4. The van der Waals surface area contributed by atoms with Crippen LogP contribution in [0.1, 0.15) is 52.8 Å². The molecule has 2 heterocycles. The van der Waals surface area contributed by atoms with Crippen LogP contribution in [0.3, 0.4) is 0 Å². The minimum absolute atomic E-state index is 0.0147. The van der Waals surface area contributed by atoms with Gasteiger partial charge in [-0.25, -0.2) is 4.79 Å². The summed E-state index contributed by atoms with van der Waals surface area (Å²) in [5.41, 5.74) is 1.37. The third-order valence-corrected chi connectivity index (χ3v) is 4.75. The molecule has 0 fully saturated rings. The van der Waals surface area contributed by atoms with Crippen LogP contribution < -0.4 is 5.32 Å². The average Bonchev–Trinajstić information content (AvgIpc) is 3.35. The van der Waals surface area contributed by atoms with Crippen molar-refractivity contribution in [3.8, 4) is 0 Å². The van der Waals surface area contributed by atoms with E-state index >= 15 is 0 Å². The van der Waals surface area contributed by atoms with Gasteiger partial charge < -0.3 is 14.8 Å². The second kappa shape index (κ2) is 7.67. The molecule has 1 aromatic heterocycles. The van der Waals surface area contributed by atoms with E-state index in [0.717, 1.165) is 4.90 Å². The third kappa shape index (κ3) is 3.58. The molecule has 0 aliphatic carbocycles. The molecule has 2 aromatic carbocycles. The quantitative estimate of drug-likeness (QED) is 0.610. The molecule has 8 nitrogen and oxygen atoms in total. The van der Waals surface area contributed by atoms with Crippen molar-refractivity contribution < 1.29 is 28.7 Å². The van der Waals surface area contributed by atoms with Crippen molar-refractivity contribution in [3.05, 3.63) is 94.4 Å². The zero-order valence-electron chi connectivity index (χ0n) is 15.6. The van der Waals surface area contributed by atoms with E-state index in [1.165, 1.54) is 36.6 Å². The van der Waals surface area contributed by atoms with Crippen LogP contribution in [-0.2, 0) is 13.1 Å². The van der Waals surface area contributed by atoms with Crippen molar-refractivity contribution >= 4 is 23.7 Å². The summed E-state index contributed by atoms with van der Waals surface area (Å²) in [6.45, 7) is 0.134. The number of carboxylic acids is 1. The number of carboxylic acid groups (broad SMARTS) is 1. The molecule has 3 aromatic rings. The van der Waals surface area contributed by atoms with Crippen molar-refractivity contribution in [2.75, 3.05) is 0 Å². The molecule has 30 heavy (non-hydrogen) atoms. The Balaban J connectivity index is 1.48. The van der Waals surface area contributed by atoms with Gasteiger partial charge in [0.15, 0.2) is 0 Å². The van der Waals surface area contributed by atoms with E-state index in [4.69, 9.17) is 9.52 Å². The molecule has 4 rings (SSSR count). The van der Waals surface area contributed by atoms with Gasteiger partial charge in [-0.05, 0) is 48.0 Å². The lowest BCUT2D eigenvalue weighted by Gasteiger charge is -2.11. The van der Waals surface area contributed by atoms with Gasteiger partial charge in [0.05, 0.1) is 29.5 Å². The number of aromatic carboxylic acids is 1. The monoisotopic (exact) mass is 404 g/mol. The van der Waals surface area contributed by atoms with Crippen LogP contribution >= 0.6 is 0 Å². The summed E-state index contributed by atoms with van der Waals surface area (Å²) in [6.07, 6.45) is 1.46. The Kier molecular flexibility index (Phi) is 4.89. The van der Waals surface area contributed by atoms with Gasteiger partial charge in [0.25, 0.3) is 17.7 Å². The maximum Gasteiger partial charge on any atom is 0.335 e. The Morgan fingerprint density at radius 3 is 2.47 bits per heavy atom. The van der Waals surface area contributed by atoms with Gasteiger partial charge in [-0.1, -0.05) is 12.1 Å². The van der Waals surface area contributed by atoms with Crippen molar-refractivity contribution in [1.29, 1.82) is 0 Å². The number of hydrogen-bond acceptors (Lipinski definition) is 5. The van der Waals surface area contributed by atoms with Crippen molar-refractivity contribution in [2.45, 2.75) is 13.1 Å². The second-order valence-corrected chi connectivity index (χ2v) is 6.72. The number of rotatable bonds is 6. The molecular formula is C22H16N2O6. The molecule has 0 spiro atoms. The zero-order chi connectivity index (χ0) is 21.3. The highest BCUT2D eigenvalue weighted by Gasteiger charge is 2.36. The maximum atomic E-state index is 12.7. The zero-order valence-corrected chi connectivity index (χ0v) is 15.6. The van der Waals surface area contributed by atoms with E-state index in [-0.39, 0.29) is 35.3 Å². The third-order valence-electron chi connectivity index (χ3n) is 4.75. The predicted octanol–water partition coefficient (Wildman–Crippen LogP) is 2.70. The van der Waals surface area contributed by atoms with Crippen LogP contribution in [0.25, 0.3) is 0 Å². The van der Waals surface area contributed by atoms with E-state index in [1.54, 1.807) is 24.3 Å². The molecule has 0 unspecified atom stereocenters. The molecule has 0 bridgehead atoms. The minimum atomic E-state index is -1.05. The number of nitrogens with zero attached hydrogens (tertiary/aromatic N) is 1. The fourth-order valence-corrected chi connectivity index (χ4v) is 3.23. The Bertz CT molecular complexity index is 1170. The molecule has 3 amide bonds. The standard InChI is InChI=1S/C22H16N2O6/c25-19(23-11-13-3-1-4-15(9-13)22(28)29)14-6-7-17-18(10-14)21(27)24(20(17)26)12-16-5-2-8-30-16/h1-10H,11-12H2,(H,23,25)(H,28,29). The Morgan fingerprint density at radius 2 is 1.73 bits per heavy atom. The lowest BCUT2D eigenvalue weighted by Crippen LogP contribution is -2.28. The lowest BCUT2D eigenvalue weighted by atomic mass is 10.1. The second-order valence-electron chi connectivity index (χ2n) is 6.72. The Hall–Kier alpha value is -4.20. The maximum absolute atomic E-state index is 12.7. The number of benzene rings is 2. The minimum Gasteiger partial charge on any atom is -0.478 e. The van der Waals surface area contributed by atoms with Crippen LogP contribution in [0, 0.1) is 0 Å². The number of furan rings is 1. The SMILES string of the molecule is O=C(O)c1cccc(CNC(=O)c2ccc3c(c2)C(=O)N(Cc2ccco2)C3=O)c1. The molecule has 8 heteroatoms. The van der Waals surface area contributed by atoms with Gasteiger partial charge in [0, 0.05) is 12.1 Å². The van der Waals surface area contributed by atoms with Crippen molar-refractivity contribution in [2.24, 2.45) is 0 Å². The fourth-order valence-electron chi connectivity index (χ4n) is 3.23. The number of fused-ring (bicyclic) bond motifs is 1. The topological polar surface area (TPSA) is 117 Å². The molecule has 2 N–H and O–H groups in total. The Morgan fingerprint density at radius 1 is 0.933 bits per heavy atom. The van der Waals surface area contributed by atoms with Crippen LogP contribution in [0.4, 0.5) is 0 Å². The summed E-state index contributed by atoms with van der Waals surface area (Å²) >= 11 is 0. The molecule has 0 saturated carbocycles. The van der Waals surface area contributed by atoms with Crippen LogP contribution in [-0.4, -0.2) is 33.7 Å². The predicted molar refractivity (Wildman–Crippen MR) is 104 cm³/mol. The van der Waals surface area contributed by atoms with Gasteiger partial charge in [-0.2, -0.15) is 0 Å². The molecule has 1 aliphatic rings. The van der Waals surface area contributed by atoms with Crippen LogP contribution in [0.15, 0.2) is 65.3 Å². The molecule has 0 saturated heterocycles. The first-order valence-corrected chi connectivity index (χ1v) is 9.07. The highest BCUT2D eigenvalue weighted by Crippen LogP contribution is 2.25. The summed E-state index contributed by atoms with van der Waals surface area (Å²) < 4.78 is 5.20. The van der Waals surface area contributed by atoms with E-state index in [1.807, 2.05) is 0 Å². The number of imide groups is 1. The van der Waals surface area contributed by atoms with E-state index < -0.39 is 23.7 Å². The van der Waals surface area contributed by atoms with Gasteiger partial charge in [0.2, 0.25) is 0 Å². The number of carbonyl (C=O) groups is 4. The van der Waals surface area contributed by atoms with Gasteiger partial charge in [-0.3, -0.25) is 19.3 Å². The summed E-state index contributed by atoms with van der Waals surface area (Å²) in [7, 11) is 0. The summed E-state index contributed by atoms with van der Waals surface area (Å²) in [4.78, 5) is 49.8. The van der Waals surface area contributed by atoms with Gasteiger partial charge in [0.1, 0.15) is 5.76 Å². The Labute approximate surface area is 170 Å². The summed E-state index contributed by atoms with van der Waals surface area (Å²) in [6, 6.07) is 13.9. The molecular weight excluding hydrogens is 388 g/mol. The van der Waals surface area contributed by atoms with Crippen LogP contribution in [0.5, 0.6) is 0 Å². The van der Waals surface area contributed by atoms with Crippen molar-refractivity contribution in [1.82, 2.24) is 10.2 Å². The number of carbonyl (C=O) groups excluding carboxylic acids is 3. The van der Waals surface area contributed by atoms with E-state index in [2.05, 4.69) is 5.32 Å². The van der Waals surface area contributed by atoms with E-state index in [9.17, 15) is 19.2 Å². The fraction of sp³-hybridized carbons (Fsp3) is 0.0909. The largest absolute Gasteiger partial charge is 0.478 e. The molecule has 1 aliphatic heterocycles. The average molecular weight is 404 g/mol. The molecule has 0 atom stereocenters. The van der Waals surface area contributed by atoms with E-state index in [0.29, 0.717) is 11.3 Å². The van der Waals surface area contributed by atoms with Crippen molar-refractivity contribution in [3.63, 3.8) is 0 Å². The molecule has 150 valence electrons. The smallest absolute Gasteiger partial charge is 0.335 e. The van der Waals surface area contributed by atoms with Gasteiger partial charge >= 0.3 is 5.97 Å². The van der Waals surface area contributed by atoms with Crippen LogP contribution in [0.2, 0.25) is 0 Å². The number of nitrogens with one attached hydrogen (secondary N) is 1. The summed E-state index contributed by atoms with van der Waals surface area (Å²) in [5, 5.41) is 11.7. The summed E-state index contributed by atoms with van der Waals surface area (Å²) in [5.74, 6) is -1.95. The highest BCUT2D eigenvalue weighted by molar-refractivity contribution is 6.22. The highest BCUT2D eigenvalue weighted by atomic mass is 16.4. The first-order valence-electron chi connectivity index (χ1n) is 9.07. The molecule has 0 radical (unpaired) electrons. The lowest BCUT2D eigenvalue weighted by molar-refractivity contribution is 0.0629.